The van der Waals surface area contributed by atoms with Crippen LogP contribution in [0.1, 0.15) is 38.9 Å². The van der Waals surface area contributed by atoms with Crippen molar-refractivity contribution in [2.24, 2.45) is 0 Å². The number of rotatable bonds is 5. The van der Waals surface area contributed by atoms with E-state index in [-0.39, 0.29) is 0 Å². The van der Waals surface area contributed by atoms with E-state index in [4.69, 9.17) is 4.74 Å². The van der Waals surface area contributed by atoms with Crippen molar-refractivity contribution in [2.45, 2.75) is 34.6 Å². The standard InChI is InChI=1S/C39H30N6O/c1-23-12-13-42-38(16-23)45-36-9-7-6-8-32(36)33-11-10-30(18-37(33)45)46-31-15-24(2)14-29(17-31)44-22-28(21-43-44)39-34(19-40)26(4)25(3)27(5)35(39)20-41/h6-18,21-22H,1-5H3. The van der Waals surface area contributed by atoms with Crippen molar-refractivity contribution < 1.29 is 4.74 Å². The summed E-state index contributed by atoms with van der Waals surface area (Å²) in [6.07, 6.45) is 5.41. The Morgan fingerprint density at radius 3 is 2.17 bits per heavy atom. The molecule has 0 atom stereocenters. The highest BCUT2D eigenvalue weighted by Crippen LogP contribution is 2.37. The second-order valence-corrected chi connectivity index (χ2v) is 11.7. The summed E-state index contributed by atoms with van der Waals surface area (Å²) < 4.78 is 10.4. The molecule has 7 heteroatoms. The maximum atomic E-state index is 10.0. The van der Waals surface area contributed by atoms with Crippen LogP contribution in [-0.2, 0) is 0 Å². The van der Waals surface area contributed by atoms with Crippen molar-refractivity contribution in [2.75, 3.05) is 0 Å². The van der Waals surface area contributed by atoms with Gasteiger partial charge in [0.2, 0.25) is 0 Å². The Kier molecular flexibility index (Phi) is 6.88. The van der Waals surface area contributed by atoms with Crippen LogP contribution in [-0.4, -0.2) is 19.3 Å². The third kappa shape index (κ3) is 4.67. The van der Waals surface area contributed by atoms with Gasteiger partial charge in [-0.25, -0.2) is 9.67 Å². The summed E-state index contributed by atoms with van der Waals surface area (Å²) in [5, 5.41) is 27.0. The van der Waals surface area contributed by atoms with E-state index in [2.05, 4.69) is 70.1 Å². The van der Waals surface area contributed by atoms with Gasteiger partial charge in [-0.3, -0.25) is 4.57 Å². The van der Waals surface area contributed by atoms with Gasteiger partial charge in [0.1, 0.15) is 29.5 Å². The Balaban J connectivity index is 1.29. The maximum absolute atomic E-state index is 10.0. The molecular formula is C39H30N6O. The van der Waals surface area contributed by atoms with E-state index >= 15 is 0 Å². The minimum absolute atomic E-state index is 0.501. The fraction of sp³-hybridized carbons (Fsp3) is 0.128. The van der Waals surface area contributed by atoms with Gasteiger partial charge in [0, 0.05) is 46.4 Å². The average Bonchev–Trinajstić information content (AvgIpc) is 3.66. The predicted molar refractivity (Wildman–Crippen MR) is 181 cm³/mol. The Morgan fingerprint density at radius 1 is 0.696 bits per heavy atom. The van der Waals surface area contributed by atoms with Crippen LogP contribution in [0.4, 0.5) is 0 Å². The fourth-order valence-electron chi connectivity index (χ4n) is 6.28. The molecule has 0 aliphatic carbocycles. The van der Waals surface area contributed by atoms with E-state index in [1.165, 1.54) is 0 Å². The smallest absolute Gasteiger partial charge is 0.137 e. The molecule has 3 heterocycles. The Bertz CT molecular complexity index is 2390. The van der Waals surface area contributed by atoms with Crippen LogP contribution in [0, 0.1) is 57.3 Å². The van der Waals surface area contributed by atoms with Crippen LogP contribution in [0.5, 0.6) is 11.5 Å². The molecule has 0 fully saturated rings. The van der Waals surface area contributed by atoms with Crippen LogP contribution in [0.2, 0.25) is 0 Å². The monoisotopic (exact) mass is 598 g/mol. The molecular weight excluding hydrogens is 568 g/mol. The van der Waals surface area contributed by atoms with Crippen molar-refractivity contribution in [1.29, 1.82) is 10.5 Å². The summed E-state index contributed by atoms with van der Waals surface area (Å²) in [4.78, 5) is 4.69. The number of nitriles is 2. The zero-order chi connectivity index (χ0) is 32.1. The van der Waals surface area contributed by atoms with Gasteiger partial charge in [-0.1, -0.05) is 18.2 Å². The highest BCUT2D eigenvalue weighted by molar-refractivity contribution is 6.09. The third-order valence-corrected chi connectivity index (χ3v) is 8.78. The van der Waals surface area contributed by atoms with Crippen molar-refractivity contribution >= 4 is 21.8 Å². The number of benzene rings is 4. The summed E-state index contributed by atoms with van der Waals surface area (Å²) in [5.74, 6) is 2.22. The van der Waals surface area contributed by atoms with Gasteiger partial charge in [-0.2, -0.15) is 15.6 Å². The minimum atomic E-state index is 0.501. The van der Waals surface area contributed by atoms with E-state index < -0.39 is 0 Å². The highest BCUT2D eigenvalue weighted by Gasteiger charge is 2.21. The van der Waals surface area contributed by atoms with E-state index in [1.54, 1.807) is 10.9 Å². The van der Waals surface area contributed by atoms with E-state index in [0.717, 1.165) is 61.1 Å². The Hall–Kier alpha value is -6.18. The van der Waals surface area contributed by atoms with Crippen LogP contribution < -0.4 is 4.74 Å². The van der Waals surface area contributed by atoms with Crippen molar-refractivity contribution in [3.63, 3.8) is 0 Å². The number of nitrogens with zero attached hydrogens (tertiary/aromatic N) is 6. The van der Waals surface area contributed by atoms with Gasteiger partial charge in [0.15, 0.2) is 0 Å². The molecule has 0 bridgehead atoms. The molecule has 3 aromatic heterocycles. The average molecular weight is 599 g/mol. The van der Waals surface area contributed by atoms with Crippen molar-refractivity contribution in [1.82, 2.24) is 19.3 Å². The molecule has 7 nitrogen and oxygen atoms in total. The minimum Gasteiger partial charge on any atom is -0.457 e. The molecule has 0 N–H and O–H groups in total. The number of aromatic nitrogens is 4. The molecule has 222 valence electrons. The lowest BCUT2D eigenvalue weighted by molar-refractivity contribution is 0.482. The summed E-state index contributed by atoms with van der Waals surface area (Å²) in [7, 11) is 0. The number of fused-ring (bicyclic) bond motifs is 3. The molecule has 4 aromatic carbocycles. The predicted octanol–water partition coefficient (Wildman–Crippen LogP) is 9.11. The zero-order valence-electron chi connectivity index (χ0n) is 26.3. The first-order valence-electron chi connectivity index (χ1n) is 15.0. The van der Waals surface area contributed by atoms with Crippen LogP contribution in [0.15, 0.2) is 91.4 Å². The quantitative estimate of drug-likeness (QED) is 0.197. The van der Waals surface area contributed by atoms with Gasteiger partial charge < -0.3 is 4.74 Å². The lowest BCUT2D eigenvalue weighted by atomic mass is 9.87. The second-order valence-electron chi connectivity index (χ2n) is 11.7. The topological polar surface area (TPSA) is 92.5 Å². The van der Waals surface area contributed by atoms with E-state index in [0.29, 0.717) is 33.8 Å². The van der Waals surface area contributed by atoms with Gasteiger partial charge in [0.25, 0.3) is 0 Å². The first-order valence-corrected chi connectivity index (χ1v) is 15.0. The molecule has 0 saturated carbocycles. The SMILES string of the molecule is Cc1cc(Oc2ccc3c4ccccc4n(-c4cc(C)ccn4)c3c2)cc(-n2cc(-c3c(C#N)c(C)c(C)c(C)c3C#N)cn2)c1. The molecule has 7 aromatic rings. The van der Waals surface area contributed by atoms with E-state index in [9.17, 15) is 10.5 Å². The lowest BCUT2D eigenvalue weighted by Gasteiger charge is -2.14. The number of aryl methyl sites for hydroxylation is 2. The number of para-hydroxylation sites is 1. The molecule has 0 amide bonds. The normalized spacial score (nSPS) is 11.1. The summed E-state index contributed by atoms with van der Waals surface area (Å²) in [5.41, 5.74) is 10.1. The van der Waals surface area contributed by atoms with Gasteiger partial charge >= 0.3 is 0 Å². The van der Waals surface area contributed by atoms with E-state index in [1.807, 2.05) is 76.5 Å². The molecule has 0 saturated heterocycles. The first kappa shape index (κ1) is 28.6. The third-order valence-electron chi connectivity index (χ3n) is 8.78. The van der Waals surface area contributed by atoms with Crippen molar-refractivity contribution in [3.8, 4) is 46.3 Å². The van der Waals surface area contributed by atoms with Gasteiger partial charge in [-0.05, 0) is 105 Å². The van der Waals surface area contributed by atoms with Crippen LogP contribution in [0.3, 0.4) is 0 Å². The van der Waals surface area contributed by atoms with Crippen LogP contribution >= 0.6 is 0 Å². The second kappa shape index (κ2) is 11.1. The lowest BCUT2D eigenvalue weighted by Crippen LogP contribution is -2.01. The molecule has 0 unspecified atom stereocenters. The molecule has 7 rings (SSSR count). The number of pyridine rings is 1. The maximum Gasteiger partial charge on any atom is 0.137 e. The molecule has 0 spiro atoms. The van der Waals surface area contributed by atoms with Gasteiger partial charge in [0.05, 0.1) is 34.0 Å². The zero-order valence-corrected chi connectivity index (χ0v) is 26.3. The molecule has 46 heavy (non-hydrogen) atoms. The Labute approximate surface area is 267 Å². The van der Waals surface area contributed by atoms with Crippen molar-refractivity contribution in [3.05, 3.63) is 130 Å². The highest BCUT2D eigenvalue weighted by atomic mass is 16.5. The number of hydrogen-bond acceptors (Lipinski definition) is 5. The first-order chi connectivity index (χ1) is 22.3. The number of ether oxygens (including phenoxy) is 1. The van der Waals surface area contributed by atoms with Gasteiger partial charge in [-0.15, -0.1) is 0 Å². The molecule has 0 radical (unpaired) electrons. The summed E-state index contributed by atoms with van der Waals surface area (Å²) in [6.45, 7) is 9.88. The fourth-order valence-corrected chi connectivity index (χ4v) is 6.28. The molecule has 0 aliphatic heterocycles. The molecule has 0 aliphatic rings. The number of hydrogen-bond donors (Lipinski definition) is 0. The summed E-state index contributed by atoms with van der Waals surface area (Å²) >= 11 is 0. The largest absolute Gasteiger partial charge is 0.457 e. The summed E-state index contributed by atoms with van der Waals surface area (Å²) in [6, 6.07) is 29.2. The van der Waals surface area contributed by atoms with Crippen LogP contribution in [0.25, 0.3) is 44.4 Å². The Morgan fingerprint density at radius 2 is 1.43 bits per heavy atom.